The number of aromatic hydroxyl groups is 3. The Balaban J connectivity index is 1.80. The lowest BCUT2D eigenvalue weighted by atomic mass is 9.83. The van der Waals surface area contributed by atoms with E-state index in [0.29, 0.717) is 12.1 Å². The molecule has 1 fully saturated rings. The number of hydrogen-bond donors (Lipinski definition) is 4. The van der Waals surface area contributed by atoms with Crippen LogP contribution < -0.4 is 5.32 Å². The van der Waals surface area contributed by atoms with Crippen LogP contribution in [0.4, 0.5) is 0 Å². The Morgan fingerprint density at radius 2 is 1.88 bits per heavy atom. The zero-order valence-corrected chi connectivity index (χ0v) is 9.82. The standard InChI is InChI=1S/C13H19NO3/c15-11-5-4-10(12(16)13(11)17)8-14-7-6-9-2-1-3-9/h4-5,9,14-17H,1-3,6-8H2. The van der Waals surface area contributed by atoms with Crippen molar-refractivity contribution in [1.82, 2.24) is 5.32 Å². The number of phenols is 3. The number of rotatable bonds is 5. The molecule has 4 nitrogen and oxygen atoms in total. The summed E-state index contributed by atoms with van der Waals surface area (Å²) in [7, 11) is 0. The van der Waals surface area contributed by atoms with E-state index in [1.807, 2.05) is 0 Å². The number of hydrogen-bond acceptors (Lipinski definition) is 4. The maximum atomic E-state index is 9.59. The van der Waals surface area contributed by atoms with Crippen LogP contribution in [0.1, 0.15) is 31.2 Å². The molecule has 0 atom stereocenters. The van der Waals surface area contributed by atoms with Gasteiger partial charge >= 0.3 is 0 Å². The van der Waals surface area contributed by atoms with Crippen LogP contribution in [0.25, 0.3) is 0 Å². The van der Waals surface area contributed by atoms with Gasteiger partial charge in [-0.3, -0.25) is 0 Å². The molecule has 0 bridgehead atoms. The molecule has 0 saturated heterocycles. The Morgan fingerprint density at radius 1 is 1.12 bits per heavy atom. The van der Waals surface area contributed by atoms with Gasteiger partial charge in [-0.1, -0.05) is 25.3 Å². The molecule has 0 radical (unpaired) electrons. The van der Waals surface area contributed by atoms with Gasteiger partial charge in [-0.2, -0.15) is 0 Å². The lowest BCUT2D eigenvalue weighted by Crippen LogP contribution is -2.21. The predicted molar refractivity (Wildman–Crippen MR) is 65.1 cm³/mol. The lowest BCUT2D eigenvalue weighted by Gasteiger charge is -2.25. The van der Waals surface area contributed by atoms with E-state index < -0.39 is 5.75 Å². The van der Waals surface area contributed by atoms with Crippen molar-refractivity contribution in [3.8, 4) is 17.2 Å². The van der Waals surface area contributed by atoms with Crippen molar-refractivity contribution in [2.24, 2.45) is 5.92 Å². The second kappa shape index (κ2) is 5.27. The minimum absolute atomic E-state index is 0.235. The highest BCUT2D eigenvalue weighted by molar-refractivity contribution is 5.52. The molecule has 0 aliphatic heterocycles. The molecule has 1 aromatic rings. The minimum Gasteiger partial charge on any atom is -0.504 e. The summed E-state index contributed by atoms with van der Waals surface area (Å²) < 4.78 is 0. The Labute approximate surface area is 101 Å². The molecule has 0 heterocycles. The van der Waals surface area contributed by atoms with Gasteiger partial charge in [0.25, 0.3) is 0 Å². The third-order valence-electron chi connectivity index (χ3n) is 3.48. The van der Waals surface area contributed by atoms with E-state index in [1.165, 1.54) is 31.7 Å². The quantitative estimate of drug-likeness (QED) is 0.467. The van der Waals surface area contributed by atoms with Crippen LogP contribution in [0, 0.1) is 5.92 Å². The van der Waals surface area contributed by atoms with Gasteiger partial charge in [0.2, 0.25) is 5.75 Å². The summed E-state index contributed by atoms with van der Waals surface area (Å²) in [6.45, 7) is 1.43. The predicted octanol–water partition coefficient (Wildman–Crippen LogP) is 2.08. The van der Waals surface area contributed by atoms with Crippen molar-refractivity contribution < 1.29 is 15.3 Å². The van der Waals surface area contributed by atoms with E-state index in [0.717, 1.165) is 12.5 Å². The molecule has 1 saturated carbocycles. The molecular weight excluding hydrogens is 218 g/mol. The zero-order valence-electron chi connectivity index (χ0n) is 9.82. The number of phenolic OH excluding ortho intramolecular Hbond substituents is 3. The molecule has 4 N–H and O–H groups in total. The number of nitrogens with one attached hydrogen (secondary N) is 1. The maximum Gasteiger partial charge on any atom is 0.200 e. The molecular formula is C13H19NO3. The van der Waals surface area contributed by atoms with Crippen LogP contribution >= 0.6 is 0 Å². The second-order valence-electron chi connectivity index (χ2n) is 4.70. The van der Waals surface area contributed by atoms with Crippen molar-refractivity contribution in [2.45, 2.75) is 32.2 Å². The fraction of sp³-hybridized carbons (Fsp3) is 0.538. The minimum atomic E-state index is -0.441. The van der Waals surface area contributed by atoms with Gasteiger partial charge in [-0.25, -0.2) is 0 Å². The first-order valence-corrected chi connectivity index (χ1v) is 6.12. The van der Waals surface area contributed by atoms with E-state index in [1.54, 1.807) is 6.07 Å². The SMILES string of the molecule is Oc1ccc(CNCCC2CCC2)c(O)c1O. The van der Waals surface area contributed by atoms with Gasteiger partial charge in [0.1, 0.15) is 0 Å². The molecule has 0 spiro atoms. The summed E-state index contributed by atoms with van der Waals surface area (Å²) in [5.74, 6) is -0.102. The van der Waals surface area contributed by atoms with Gasteiger partial charge in [0.05, 0.1) is 0 Å². The molecule has 94 valence electrons. The molecule has 0 amide bonds. The van der Waals surface area contributed by atoms with Crippen molar-refractivity contribution in [2.75, 3.05) is 6.54 Å². The first-order chi connectivity index (χ1) is 8.18. The molecule has 0 aromatic heterocycles. The molecule has 17 heavy (non-hydrogen) atoms. The van der Waals surface area contributed by atoms with Crippen LogP contribution in [-0.4, -0.2) is 21.9 Å². The molecule has 2 rings (SSSR count). The lowest BCUT2D eigenvalue weighted by molar-refractivity contribution is 0.291. The topological polar surface area (TPSA) is 72.7 Å². The Morgan fingerprint density at radius 3 is 2.53 bits per heavy atom. The normalized spacial score (nSPS) is 15.8. The Bertz CT molecular complexity index is 388. The highest BCUT2D eigenvalue weighted by Gasteiger charge is 2.16. The van der Waals surface area contributed by atoms with E-state index in [9.17, 15) is 15.3 Å². The van der Waals surface area contributed by atoms with Gasteiger partial charge in [0.15, 0.2) is 11.5 Å². The summed E-state index contributed by atoms with van der Waals surface area (Å²) >= 11 is 0. The highest BCUT2D eigenvalue weighted by atomic mass is 16.3. The van der Waals surface area contributed by atoms with E-state index in [2.05, 4.69) is 5.32 Å². The summed E-state index contributed by atoms with van der Waals surface area (Å²) in [5, 5.41) is 31.4. The first-order valence-electron chi connectivity index (χ1n) is 6.12. The fourth-order valence-electron chi connectivity index (χ4n) is 2.06. The van der Waals surface area contributed by atoms with Crippen LogP contribution in [0.3, 0.4) is 0 Å². The zero-order chi connectivity index (χ0) is 12.3. The van der Waals surface area contributed by atoms with Gasteiger partial charge in [0, 0.05) is 12.1 Å². The fourth-order valence-corrected chi connectivity index (χ4v) is 2.06. The van der Waals surface area contributed by atoms with Crippen molar-refractivity contribution in [1.29, 1.82) is 0 Å². The summed E-state index contributed by atoms with van der Waals surface area (Å²) in [4.78, 5) is 0. The largest absolute Gasteiger partial charge is 0.504 e. The summed E-state index contributed by atoms with van der Waals surface area (Å²) in [6.07, 6.45) is 5.21. The van der Waals surface area contributed by atoms with Crippen molar-refractivity contribution in [3.63, 3.8) is 0 Å². The first kappa shape index (κ1) is 12.0. The highest BCUT2D eigenvalue weighted by Crippen LogP contribution is 2.36. The van der Waals surface area contributed by atoms with Crippen molar-refractivity contribution >= 4 is 0 Å². The van der Waals surface area contributed by atoms with Crippen LogP contribution in [0.15, 0.2) is 12.1 Å². The maximum absolute atomic E-state index is 9.59. The third kappa shape index (κ3) is 2.82. The molecule has 4 heteroatoms. The van der Waals surface area contributed by atoms with Gasteiger partial charge < -0.3 is 20.6 Å². The van der Waals surface area contributed by atoms with Crippen LogP contribution in [-0.2, 0) is 6.54 Å². The summed E-state index contributed by atoms with van der Waals surface area (Å²) in [5.41, 5.74) is 0.605. The molecule has 1 aromatic carbocycles. The van der Waals surface area contributed by atoms with E-state index >= 15 is 0 Å². The van der Waals surface area contributed by atoms with E-state index in [-0.39, 0.29) is 11.5 Å². The monoisotopic (exact) mass is 237 g/mol. The summed E-state index contributed by atoms with van der Waals surface area (Å²) in [6, 6.07) is 3.00. The number of benzene rings is 1. The van der Waals surface area contributed by atoms with Crippen molar-refractivity contribution in [3.05, 3.63) is 17.7 Å². The van der Waals surface area contributed by atoms with Gasteiger partial charge in [-0.15, -0.1) is 0 Å². The Kier molecular flexibility index (Phi) is 3.74. The molecule has 0 unspecified atom stereocenters. The van der Waals surface area contributed by atoms with Crippen LogP contribution in [0.5, 0.6) is 17.2 Å². The second-order valence-corrected chi connectivity index (χ2v) is 4.70. The van der Waals surface area contributed by atoms with Gasteiger partial charge in [-0.05, 0) is 24.9 Å². The average molecular weight is 237 g/mol. The molecule has 1 aliphatic rings. The smallest absolute Gasteiger partial charge is 0.200 e. The molecule has 1 aliphatic carbocycles. The van der Waals surface area contributed by atoms with Crippen LogP contribution in [0.2, 0.25) is 0 Å². The Hall–Kier alpha value is -1.42. The average Bonchev–Trinajstić information content (AvgIpc) is 2.26. The van der Waals surface area contributed by atoms with E-state index in [4.69, 9.17) is 0 Å². The third-order valence-corrected chi connectivity index (χ3v) is 3.48.